The minimum absolute atomic E-state index is 0.584. The summed E-state index contributed by atoms with van der Waals surface area (Å²) in [6.45, 7) is 8.50. The Balaban J connectivity index is 1.78. The number of hydrogen-bond acceptors (Lipinski definition) is 1. The van der Waals surface area contributed by atoms with Crippen LogP contribution in [0.2, 0.25) is 0 Å². The Hall–Kier alpha value is -0.0400. The van der Waals surface area contributed by atoms with Gasteiger partial charge in [0.05, 0.1) is 0 Å². The van der Waals surface area contributed by atoms with E-state index in [1.54, 1.807) is 0 Å². The number of rotatable bonds is 3. The average molecular weight is 181 g/mol. The average Bonchev–Trinajstić information content (AvgIpc) is 2.75. The number of hydrogen-bond donors (Lipinski definition) is 1. The van der Waals surface area contributed by atoms with Crippen molar-refractivity contribution in [2.24, 2.45) is 17.3 Å². The molecule has 0 aromatic rings. The standard InChI is InChI=1S/C12H23N/c1-9-6-12(2,3)7-11(9)13-8-10-4-5-10/h9-11,13H,4-8H2,1-3H3. The molecule has 0 bridgehead atoms. The molecular weight excluding hydrogens is 158 g/mol. The lowest BCUT2D eigenvalue weighted by Crippen LogP contribution is -2.33. The Labute approximate surface area is 82.3 Å². The van der Waals surface area contributed by atoms with Gasteiger partial charge in [-0.25, -0.2) is 0 Å². The molecule has 2 rings (SSSR count). The van der Waals surface area contributed by atoms with Gasteiger partial charge in [-0.05, 0) is 49.5 Å². The monoisotopic (exact) mass is 181 g/mol. The van der Waals surface area contributed by atoms with Crippen LogP contribution in [0, 0.1) is 17.3 Å². The normalized spacial score (nSPS) is 38.1. The van der Waals surface area contributed by atoms with Crippen molar-refractivity contribution in [1.82, 2.24) is 5.32 Å². The molecule has 0 aliphatic heterocycles. The lowest BCUT2D eigenvalue weighted by molar-refractivity contribution is 0.361. The van der Waals surface area contributed by atoms with Gasteiger partial charge in [-0.15, -0.1) is 0 Å². The molecular formula is C12H23N. The third-order valence-electron chi connectivity index (χ3n) is 3.70. The third-order valence-corrected chi connectivity index (χ3v) is 3.70. The molecule has 0 radical (unpaired) electrons. The van der Waals surface area contributed by atoms with Crippen LogP contribution < -0.4 is 5.32 Å². The lowest BCUT2D eigenvalue weighted by atomic mass is 9.91. The van der Waals surface area contributed by atoms with E-state index in [1.165, 1.54) is 32.2 Å². The first kappa shape index (κ1) is 9.51. The van der Waals surface area contributed by atoms with E-state index in [-0.39, 0.29) is 0 Å². The van der Waals surface area contributed by atoms with Crippen molar-refractivity contribution in [2.75, 3.05) is 6.54 Å². The first-order valence-corrected chi connectivity index (χ1v) is 5.80. The van der Waals surface area contributed by atoms with Crippen LogP contribution in [0.3, 0.4) is 0 Å². The second kappa shape index (κ2) is 3.27. The van der Waals surface area contributed by atoms with E-state index in [0.717, 1.165) is 17.9 Å². The largest absolute Gasteiger partial charge is 0.313 e. The van der Waals surface area contributed by atoms with Crippen LogP contribution in [0.5, 0.6) is 0 Å². The summed E-state index contributed by atoms with van der Waals surface area (Å²) in [5, 5.41) is 3.75. The van der Waals surface area contributed by atoms with Gasteiger partial charge in [0.15, 0.2) is 0 Å². The fraction of sp³-hybridized carbons (Fsp3) is 1.00. The van der Waals surface area contributed by atoms with Crippen LogP contribution in [0.25, 0.3) is 0 Å². The highest BCUT2D eigenvalue weighted by molar-refractivity contribution is 4.92. The summed E-state index contributed by atoms with van der Waals surface area (Å²) in [4.78, 5) is 0. The molecule has 2 aliphatic carbocycles. The Morgan fingerprint density at radius 3 is 2.38 bits per heavy atom. The Morgan fingerprint density at radius 1 is 1.23 bits per heavy atom. The summed E-state index contributed by atoms with van der Waals surface area (Å²) >= 11 is 0. The second-order valence-corrected chi connectivity index (χ2v) is 6.01. The molecule has 1 heteroatoms. The molecule has 1 nitrogen and oxygen atoms in total. The summed E-state index contributed by atoms with van der Waals surface area (Å²) < 4.78 is 0. The fourth-order valence-corrected chi connectivity index (χ4v) is 2.81. The maximum Gasteiger partial charge on any atom is 0.00980 e. The van der Waals surface area contributed by atoms with Gasteiger partial charge in [0.25, 0.3) is 0 Å². The van der Waals surface area contributed by atoms with Crippen molar-refractivity contribution in [3.05, 3.63) is 0 Å². The van der Waals surface area contributed by atoms with Gasteiger partial charge in [-0.3, -0.25) is 0 Å². The van der Waals surface area contributed by atoms with Gasteiger partial charge in [0, 0.05) is 6.04 Å². The highest BCUT2D eigenvalue weighted by atomic mass is 14.9. The zero-order valence-corrected chi connectivity index (χ0v) is 9.27. The molecule has 2 aliphatic rings. The molecule has 2 saturated carbocycles. The van der Waals surface area contributed by atoms with E-state index < -0.39 is 0 Å². The molecule has 2 unspecified atom stereocenters. The molecule has 2 atom stereocenters. The summed E-state index contributed by atoms with van der Waals surface area (Å²) in [6.07, 6.45) is 5.71. The molecule has 76 valence electrons. The molecule has 13 heavy (non-hydrogen) atoms. The molecule has 0 heterocycles. The SMILES string of the molecule is CC1CC(C)(C)CC1NCC1CC1. The molecule has 0 aromatic heterocycles. The van der Waals surface area contributed by atoms with Crippen molar-refractivity contribution in [3.63, 3.8) is 0 Å². The van der Waals surface area contributed by atoms with Gasteiger partial charge in [0.1, 0.15) is 0 Å². The lowest BCUT2D eigenvalue weighted by Gasteiger charge is -2.18. The minimum Gasteiger partial charge on any atom is -0.313 e. The quantitative estimate of drug-likeness (QED) is 0.706. The molecule has 1 N–H and O–H groups in total. The first-order valence-electron chi connectivity index (χ1n) is 5.80. The van der Waals surface area contributed by atoms with Crippen molar-refractivity contribution >= 4 is 0 Å². The third kappa shape index (κ3) is 2.46. The predicted octanol–water partition coefficient (Wildman–Crippen LogP) is 2.81. The zero-order chi connectivity index (χ0) is 9.47. The van der Waals surface area contributed by atoms with Gasteiger partial charge in [-0.1, -0.05) is 20.8 Å². The fourth-order valence-electron chi connectivity index (χ4n) is 2.81. The highest BCUT2D eigenvalue weighted by Gasteiger charge is 2.36. The summed E-state index contributed by atoms with van der Waals surface area (Å²) in [6, 6.07) is 0.801. The predicted molar refractivity (Wildman–Crippen MR) is 56.7 cm³/mol. The maximum atomic E-state index is 3.75. The van der Waals surface area contributed by atoms with E-state index in [1.807, 2.05) is 0 Å². The van der Waals surface area contributed by atoms with Crippen molar-refractivity contribution in [2.45, 2.75) is 52.5 Å². The topological polar surface area (TPSA) is 12.0 Å². The van der Waals surface area contributed by atoms with Crippen molar-refractivity contribution < 1.29 is 0 Å². The van der Waals surface area contributed by atoms with Crippen LogP contribution in [-0.4, -0.2) is 12.6 Å². The smallest absolute Gasteiger partial charge is 0.00980 e. The Morgan fingerprint density at radius 2 is 1.92 bits per heavy atom. The van der Waals surface area contributed by atoms with E-state index in [9.17, 15) is 0 Å². The zero-order valence-electron chi connectivity index (χ0n) is 9.27. The molecule has 0 aromatic carbocycles. The molecule has 0 spiro atoms. The van der Waals surface area contributed by atoms with Crippen LogP contribution in [0.4, 0.5) is 0 Å². The first-order chi connectivity index (χ1) is 6.07. The van der Waals surface area contributed by atoms with E-state index in [2.05, 4.69) is 26.1 Å². The van der Waals surface area contributed by atoms with Gasteiger partial charge >= 0.3 is 0 Å². The Bertz CT molecular complexity index is 182. The van der Waals surface area contributed by atoms with Crippen LogP contribution in [-0.2, 0) is 0 Å². The second-order valence-electron chi connectivity index (χ2n) is 6.01. The Kier molecular flexibility index (Phi) is 2.39. The van der Waals surface area contributed by atoms with Gasteiger partial charge in [-0.2, -0.15) is 0 Å². The molecule has 2 fully saturated rings. The number of nitrogens with one attached hydrogen (secondary N) is 1. The van der Waals surface area contributed by atoms with Crippen LogP contribution in [0.1, 0.15) is 46.5 Å². The van der Waals surface area contributed by atoms with E-state index in [0.29, 0.717) is 5.41 Å². The summed E-state index contributed by atoms with van der Waals surface area (Å²) in [5.41, 5.74) is 0.584. The van der Waals surface area contributed by atoms with E-state index >= 15 is 0 Å². The van der Waals surface area contributed by atoms with Gasteiger partial charge < -0.3 is 5.32 Å². The molecule has 0 amide bonds. The molecule has 0 saturated heterocycles. The van der Waals surface area contributed by atoms with Crippen LogP contribution >= 0.6 is 0 Å². The van der Waals surface area contributed by atoms with E-state index in [4.69, 9.17) is 0 Å². The maximum absolute atomic E-state index is 3.75. The minimum atomic E-state index is 0.584. The highest BCUT2D eigenvalue weighted by Crippen LogP contribution is 2.41. The van der Waals surface area contributed by atoms with Crippen molar-refractivity contribution in [3.8, 4) is 0 Å². The summed E-state index contributed by atoms with van der Waals surface area (Å²) in [7, 11) is 0. The summed E-state index contributed by atoms with van der Waals surface area (Å²) in [5.74, 6) is 1.91. The van der Waals surface area contributed by atoms with Gasteiger partial charge in [0.2, 0.25) is 0 Å². The van der Waals surface area contributed by atoms with Crippen molar-refractivity contribution in [1.29, 1.82) is 0 Å². The van der Waals surface area contributed by atoms with Crippen LogP contribution in [0.15, 0.2) is 0 Å².